The lowest BCUT2D eigenvalue weighted by Gasteiger charge is -2.24. The number of terminal acetylenes is 1. The van der Waals surface area contributed by atoms with E-state index in [-0.39, 0.29) is 17.4 Å². The lowest BCUT2D eigenvalue weighted by molar-refractivity contribution is -0.122. The van der Waals surface area contributed by atoms with E-state index in [0.29, 0.717) is 6.42 Å². The van der Waals surface area contributed by atoms with Crippen LogP contribution >= 0.6 is 0 Å². The largest absolute Gasteiger partial charge is 0.340 e. The van der Waals surface area contributed by atoms with Gasteiger partial charge >= 0.3 is 0 Å². The van der Waals surface area contributed by atoms with Crippen LogP contribution in [0.2, 0.25) is 0 Å². The van der Waals surface area contributed by atoms with Gasteiger partial charge in [-0.3, -0.25) is 4.79 Å². The Balaban J connectivity index is 4.13. The predicted molar refractivity (Wildman–Crippen MR) is 67.7 cm³/mol. The van der Waals surface area contributed by atoms with Gasteiger partial charge in [-0.1, -0.05) is 26.7 Å². The van der Waals surface area contributed by atoms with Crippen LogP contribution < -0.4 is 11.1 Å². The fourth-order valence-corrected chi connectivity index (χ4v) is 1.53. The average Bonchev–Trinajstić information content (AvgIpc) is 1.98. The smallest absolute Gasteiger partial charge is 0.222 e. The summed E-state index contributed by atoms with van der Waals surface area (Å²) in [6, 6.07) is -0.117. The monoisotopic (exact) mass is 224 g/mol. The van der Waals surface area contributed by atoms with Crippen LogP contribution in [0, 0.1) is 17.8 Å². The Kier molecular flexibility index (Phi) is 5.02. The van der Waals surface area contributed by atoms with E-state index >= 15 is 0 Å². The van der Waals surface area contributed by atoms with Crippen LogP contribution in [0.25, 0.3) is 0 Å². The number of carbonyl (C=O) groups is 1. The zero-order valence-corrected chi connectivity index (χ0v) is 11.1. The molecular weight excluding hydrogens is 200 g/mol. The van der Waals surface area contributed by atoms with Crippen molar-refractivity contribution in [3.63, 3.8) is 0 Å². The molecule has 0 saturated carbocycles. The van der Waals surface area contributed by atoms with Crippen LogP contribution in [0.3, 0.4) is 0 Å². The Labute approximate surface area is 99.2 Å². The van der Waals surface area contributed by atoms with Gasteiger partial charge in [0.15, 0.2) is 0 Å². The Hall–Kier alpha value is -1.01. The molecule has 0 aliphatic heterocycles. The number of carbonyl (C=O) groups excluding carboxylic acids is 1. The van der Waals surface area contributed by atoms with E-state index in [4.69, 9.17) is 12.2 Å². The molecule has 0 rings (SSSR count). The van der Waals surface area contributed by atoms with Crippen molar-refractivity contribution in [3.05, 3.63) is 0 Å². The third-order valence-electron chi connectivity index (χ3n) is 2.13. The molecule has 0 bridgehead atoms. The van der Waals surface area contributed by atoms with Gasteiger partial charge in [-0.2, -0.15) is 0 Å². The highest BCUT2D eigenvalue weighted by molar-refractivity contribution is 5.77. The molecule has 1 amide bonds. The topological polar surface area (TPSA) is 55.1 Å². The second kappa shape index (κ2) is 5.36. The number of amides is 1. The summed E-state index contributed by atoms with van der Waals surface area (Å²) in [6.45, 7) is 9.91. The molecule has 0 radical (unpaired) electrons. The summed E-state index contributed by atoms with van der Waals surface area (Å²) in [5.41, 5.74) is 5.45. The van der Waals surface area contributed by atoms with Crippen LogP contribution in [-0.2, 0) is 4.79 Å². The van der Waals surface area contributed by atoms with Gasteiger partial charge in [0.1, 0.15) is 0 Å². The van der Waals surface area contributed by atoms with Crippen LogP contribution in [0.15, 0.2) is 0 Å². The van der Waals surface area contributed by atoms with E-state index in [1.807, 2.05) is 0 Å². The molecular formula is C13H24N2O. The maximum atomic E-state index is 11.6. The van der Waals surface area contributed by atoms with Crippen LogP contribution in [0.1, 0.15) is 47.5 Å². The molecule has 1 atom stereocenters. The molecule has 0 spiro atoms. The van der Waals surface area contributed by atoms with E-state index in [1.165, 1.54) is 0 Å². The minimum absolute atomic E-state index is 0.0836. The third kappa shape index (κ3) is 7.30. The molecule has 0 aromatic heterocycles. The SMILES string of the molecule is C#CC(C)(C)NC(=O)CC(N)CC(C)(C)C. The van der Waals surface area contributed by atoms with Crippen molar-refractivity contribution in [1.29, 1.82) is 0 Å². The summed E-state index contributed by atoms with van der Waals surface area (Å²) < 4.78 is 0. The average molecular weight is 224 g/mol. The van der Waals surface area contributed by atoms with Gasteiger partial charge < -0.3 is 11.1 Å². The Bertz CT molecular complexity index is 281. The van der Waals surface area contributed by atoms with Gasteiger partial charge in [0, 0.05) is 12.5 Å². The first-order chi connectivity index (χ1) is 7.06. The van der Waals surface area contributed by atoms with Gasteiger partial charge in [0.2, 0.25) is 5.91 Å². The van der Waals surface area contributed by atoms with E-state index in [1.54, 1.807) is 13.8 Å². The van der Waals surface area contributed by atoms with Gasteiger partial charge in [-0.05, 0) is 25.7 Å². The van der Waals surface area contributed by atoms with Crippen molar-refractivity contribution < 1.29 is 4.79 Å². The molecule has 1 unspecified atom stereocenters. The minimum Gasteiger partial charge on any atom is -0.340 e. The lowest BCUT2D eigenvalue weighted by atomic mass is 9.87. The highest BCUT2D eigenvalue weighted by Crippen LogP contribution is 2.21. The summed E-state index contributed by atoms with van der Waals surface area (Å²) in [5.74, 6) is 2.44. The molecule has 3 nitrogen and oxygen atoms in total. The maximum absolute atomic E-state index is 11.6. The molecule has 0 aromatic carbocycles. The molecule has 0 heterocycles. The highest BCUT2D eigenvalue weighted by Gasteiger charge is 2.21. The van der Waals surface area contributed by atoms with E-state index < -0.39 is 5.54 Å². The van der Waals surface area contributed by atoms with Crippen LogP contribution in [0.5, 0.6) is 0 Å². The number of rotatable bonds is 4. The number of hydrogen-bond acceptors (Lipinski definition) is 2. The standard InChI is InChI=1S/C13H24N2O/c1-7-13(5,6)15-11(16)8-10(14)9-12(2,3)4/h1,10H,8-9,14H2,2-6H3,(H,15,16). The second-order valence-electron chi connectivity index (χ2n) is 6.05. The van der Waals surface area contributed by atoms with Crippen molar-refractivity contribution in [2.24, 2.45) is 11.1 Å². The van der Waals surface area contributed by atoms with Crippen molar-refractivity contribution in [2.75, 3.05) is 0 Å². The Morgan fingerprint density at radius 2 is 1.88 bits per heavy atom. The summed E-state index contributed by atoms with van der Waals surface area (Å²) >= 11 is 0. The molecule has 0 aliphatic rings. The third-order valence-corrected chi connectivity index (χ3v) is 2.13. The second-order valence-corrected chi connectivity index (χ2v) is 6.05. The normalized spacial score (nSPS) is 14.1. The van der Waals surface area contributed by atoms with E-state index in [0.717, 1.165) is 6.42 Å². The number of nitrogens with two attached hydrogens (primary N) is 1. The van der Waals surface area contributed by atoms with Gasteiger partial charge in [-0.15, -0.1) is 6.42 Å². The zero-order chi connectivity index (χ0) is 13.0. The van der Waals surface area contributed by atoms with Gasteiger partial charge in [-0.25, -0.2) is 0 Å². The molecule has 0 aliphatic carbocycles. The van der Waals surface area contributed by atoms with Gasteiger partial charge in [0.05, 0.1) is 5.54 Å². The first-order valence-electron chi connectivity index (χ1n) is 5.60. The molecule has 0 fully saturated rings. The van der Waals surface area contributed by atoms with Crippen molar-refractivity contribution in [3.8, 4) is 12.3 Å². The van der Waals surface area contributed by atoms with Gasteiger partial charge in [0.25, 0.3) is 0 Å². The molecule has 0 saturated heterocycles. The lowest BCUT2D eigenvalue weighted by Crippen LogP contribution is -2.44. The summed E-state index contributed by atoms with van der Waals surface area (Å²) in [5, 5.41) is 2.77. The van der Waals surface area contributed by atoms with Crippen molar-refractivity contribution in [1.82, 2.24) is 5.32 Å². The zero-order valence-electron chi connectivity index (χ0n) is 11.1. The maximum Gasteiger partial charge on any atom is 0.222 e. The quantitative estimate of drug-likeness (QED) is 0.714. The molecule has 16 heavy (non-hydrogen) atoms. The fourth-order valence-electron chi connectivity index (χ4n) is 1.53. The summed E-state index contributed by atoms with van der Waals surface area (Å²) in [7, 11) is 0. The van der Waals surface area contributed by atoms with Crippen LogP contribution in [-0.4, -0.2) is 17.5 Å². The highest BCUT2D eigenvalue weighted by atomic mass is 16.1. The first kappa shape index (κ1) is 15.0. The minimum atomic E-state index is -0.599. The first-order valence-corrected chi connectivity index (χ1v) is 5.60. The predicted octanol–water partition coefficient (Wildman–Crippen LogP) is 1.67. The number of hydrogen-bond donors (Lipinski definition) is 2. The molecule has 3 N–H and O–H groups in total. The Morgan fingerprint density at radius 3 is 2.25 bits per heavy atom. The molecule has 0 aromatic rings. The van der Waals surface area contributed by atoms with Crippen molar-refractivity contribution in [2.45, 2.75) is 59.0 Å². The van der Waals surface area contributed by atoms with E-state index in [2.05, 4.69) is 32.0 Å². The summed E-state index contributed by atoms with van der Waals surface area (Å²) in [4.78, 5) is 11.6. The van der Waals surface area contributed by atoms with Crippen LogP contribution in [0.4, 0.5) is 0 Å². The number of nitrogens with one attached hydrogen (secondary N) is 1. The Morgan fingerprint density at radius 1 is 1.38 bits per heavy atom. The fraction of sp³-hybridized carbons (Fsp3) is 0.769. The van der Waals surface area contributed by atoms with Crippen molar-refractivity contribution >= 4 is 5.91 Å². The molecule has 92 valence electrons. The summed E-state index contributed by atoms with van der Waals surface area (Å²) in [6.07, 6.45) is 6.43. The molecule has 3 heteroatoms. The van der Waals surface area contributed by atoms with E-state index in [9.17, 15) is 4.79 Å².